The van der Waals surface area contributed by atoms with Crippen LogP contribution in [0.4, 0.5) is 5.69 Å². The summed E-state index contributed by atoms with van der Waals surface area (Å²) in [7, 11) is 0. The lowest BCUT2D eigenvalue weighted by Gasteiger charge is -2.48. The fraction of sp³-hybridized carbons (Fsp3) is 0.714. The number of amides is 2. The maximum atomic E-state index is 12.3. The van der Waals surface area contributed by atoms with E-state index in [0.717, 1.165) is 26.0 Å². The molecule has 0 saturated carbocycles. The molecule has 21 heteroatoms. The molecule has 3 heterocycles. The maximum Gasteiger partial charge on any atom is 0.269 e. The molecule has 0 unspecified atom stereocenters. The normalized spacial score (nSPS) is 39.5. The van der Waals surface area contributed by atoms with E-state index in [-0.39, 0.29) is 11.4 Å². The molecule has 0 spiro atoms. The smallest absolute Gasteiger partial charge is 0.269 e. The summed E-state index contributed by atoms with van der Waals surface area (Å²) < 4.78 is 34.5. The van der Waals surface area contributed by atoms with E-state index in [9.17, 15) is 60.6 Å². The Hall–Kier alpha value is -3.16. The van der Waals surface area contributed by atoms with Crippen LogP contribution < -0.4 is 15.4 Å². The molecule has 4 rings (SSSR count). The summed E-state index contributed by atoms with van der Waals surface area (Å²) in [4.78, 5) is 34.7. The summed E-state index contributed by atoms with van der Waals surface area (Å²) >= 11 is 0. The molecule has 49 heavy (non-hydrogen) atoms. The number of nitrogens with one attached hydrogen (secondary N) is 2. The van der Waals surface area contributed by atoms with E-state index in [1.807, 2.05) is 0 Å². The Bertz CT molecular complexity index is 1270. The number of aliphatic hydroxyl groups is 8. The number of hydrogen-bond acceptors (Lipinski definition) is 18. The third kappa shape index (κ3) is 8.96. The number of benzene rings is 1. The predicted molar refractivity (Wildman–Crippen MR) is 156 cm³/mol. The fourth-order valence-corrected chi connectivity index (χ4v) is 5.62. The number of carbonyl (C=O) groups is 2. The highest BCUT2D eigenvalue weighted by Gasteiger charge is 2.53. The van der Waals surface area contributed by atoms with E-state index in [2.05, 4.69) is 10.6 Å². The first kappa shape index (κ1) is 38.6. The molecular formula is C28H41N3O18. The molecule has 3 fully saturated rings. The summed E-state index contributed by atoms with van der Waals surface area (Å²) in [5.74, 6) is -1.31. The van der Waals surface area contributed by atoms with E-state index < -0.39 is 129 Å². The van der Waals surface area contributed by atoms with E-state index in [1.54, 1.807) is 0 Å². The second-order valence-corrected chi connectivity index (χ2v) is 11.7. The van der Waals surface area contributed by atoms with Crippen molar-refractivity contribution < 1.29 is 83.8 Å². The first-order valence-electron chi connectivity index (χ1n) is 15.2. The lowest BCUT2D eigenvalue weighted by Crippen LogP contribution is -2.69. The zero-order valence-corrected chi connectivity index (χ0v) is 26.2. The van der Waals surface area contributed by atoms with Gasteiger partial charge in [0.15, 0.2) is 12.6 Å². The average molecular weight is 708 g/mol. The van der Waals surface area contributed by atoms with E-state index in [0.29, 0.717) is 0 Å². The van der Waals surface area contributed by atoms with Crippen LogP contribution in [-0.2, 0) is 33.3 Å². The van der Waals surface area contributed by atoms with Gasteiger partial charge in [0.05, 0.1) is 24.7 Å². The Labute approximate surface area is 278 Å². The number of nitrogens with zero attached hydrogens (tertiary/aromatic N) is 1. The molecule has 2 amide bonds. The number of non-ortho nitro benzene ring substituents is 1. The topological polar surface area (TPSA) is 319 Å². The Morgan fingerprint density at radius 3 is 1.82 bits per heavy atom. The van der Waals surface area contributed by atoms with Gasteiger partial charge in [0.25, 0.3) is 5.69 Å². The molecule has 3 saturated heterocycles. The minimum Gasteiger partial charge on any atom is -0.463 e. The monoisotopic (exact) mass is 707 g/mol. The van der Waals surface area contributed by atoms with Gasteiger partial charge >= 0.3 is 0 Å². The summed E-state index contributed by atoms with van der Waals surface area (Å²) in [6.45, 7) is 0.0715. The van der Waals surface area contributed by atoms with E-state index in [4.69, 9.17) is 28.4 Å². The molecule has 0 aliphatic carbocycles. The van der Waals surface area contributed by atoms with Crippen molar-refractivity contribution in [3.63, 3.8) is 0 Å². The molecule has 1 aromatic rings. The second kappa shape index (κ2) is 16.7. The third-order valence-electron chi connectivity index (χ3n) is 8.16. The standard InChI is InChI=1S/C28H41N3O18/c1-10(34)29-17-22(39)19(36)14(7-32)46-26(17)44-9-16-21(38)25(49-28-24(41)23(40)20(37)15(8-33)47-28)18(30-11(2)35)27(48-16)45-13-5-3-12(4-6-13)31(42)43/h3-6,14-28,32-33,36-41H,7-9H2,1-2H3,(H,29,34)(H,30,35)/t14-,15-,16-,17-,18-,19-,20-,21+,22-,23+,24-,25-,26-,27+,28+/m1/s1. The van der Waals surface area contributed by atoms with Gasteiger partial charge < -0.3 is 79.9 Å². The van der Waals surface area contributed by atoms with Gasteiger partial charge in [-0.15, -0.1) is 0 Å². The van der Waals surface area contributed by atoms with Crippen molar-refractivity contribution >= 4 is 17.5 Å². The highest BCUT2D eigenvalue weighted by molar-refractivity contribution is 5.73. The zero-order chi connectivity index (χ0) is 36.2. The molecule has 1 aromatic carbocycles. The fourth-order valence-electron chi connectivity index (χ4n) is 5.62. The van der Waals surface area contributed by atoms with E-state index in [1.165, 1.54) is 12.1 Å². The number of nitro benzene ring substituents is 1. The largest absolute Gasteiger partial charge is 0.463 e. The van der Waals surface area contributed by atoms with Crippen LogP contribution in [0.3, 0.4) is 0 Å². The molecule has 3 aliphatic rings. The summed E-state index contributed by atoms with van der Waals surface area (Å²) in [6.07, 6.45) is -21.4. The Balaban J connectivity index is 1.65. The summed E-state index contributed by atoms with van der Waals surface area (Å²) in [5, 5.41) is 98.9. The van der Waals surface area contributed by atoms with E-state index >= 15 is 0 Å². The molecule has 0 radical (unpaired) electrons. The molecule has 276 valence electrons. The Kier molecular flexibility index (Phi) is 13.2. The highest BCUT2D eigenvalue weighted by Crippen LogP contribution is 2.32. The summed E-state index contributed by atoms with van der Waals surface area (Å²) in [6, 6.07) is 1.92. The number of nitro groups is 1. The van der Waals surface area contributed by atoms with Crippen LogP contribution in [0.1, 0.15) is 13.8 Å². The molecule has 15 atom stereocenters. The van der Waals surface area contributed by atoms with Gasteiger partial charge in [0, 0.05) is 26.0 Å². The van der Waals surface area contributed by atoms with Crippen LogP contribution in [0.15, 0.2) is 24.3 Å². The quantitative estimate of drug-likeness (QED) is 0.0716. The minimum absolute atomic E-state index is 0.00201. The van der Waals surface area contributed by atoms with Crippen molar-refractivity contribution in [3.8, 4) is 5.75 Å². The van der Waals surface area contributed by atoms with Crippen LogP contribution in [0.2, 0.25) is 0 Å². The first-order chi connectivity index (χ1) is 23.2. The Morgan fingerprint density at radius 1 is 0.735 bits per heavy atom. The molecule has 0 bridgehead atoms. The second-order valence-electron chi connectivity index (χ2n) is 11.7. The average Bonchev–Trinajstić information content (AvgIpc) is 3.06. The molecule has 10 N–H and O–H groups in total. The van der Waals surface area contributed by atoms with Gasteiger partial charge in [0.1, 0.15) is 78.9 Å². The first-order valence-corrected chi connectivity index (χ1v) is 15.2. The van der Waals surface area contributed by atoms with Crippen LogP contribution in [-0.4, -0.2) is 169 Å². The van der Waals surface area contributed by atoms with Crippen molar-refractivity contribution in [1.29, 1.82) is 0 Å². The van der Waals surface area contributed by atoms with Crippen molar-refractivity contribution in [2.45, 2.75) is 106 Å². The summed E-state index contributed by atoms with van der Waals surface area (Å²) in [5.41, 5.74) is -0.268. The van der Waals surface area contributed by atoms with Crippen LogP contribution >= 0.6 is 0 Å². The SMILES string of the molecule is CC(=O)N[C@H]1[C@H](OC[C@H]2O[C@H](Oc3ccc([N+](=O)[O-])cc3)[C@H](NC(C)=O)[C@@H](O[C@@H]3O[C@H](CO)[C@@H](O)[C@H](O)[C@H]3O)[C@H]2O)O[C@H](CO)[C@@H](O)[C@@H]1O. The Morgan fingerprint density at radius 2 is 1.27 bits per heavy atom. The molecule has 0 aromatic heterocycles. The van der Waals surface area contributed by atoms with Gasteiger partial charge in [-0.1, -0.05) is 0 Å². The van der Waals surface area contributed by atoms with Crippen LogP contribution in [0.5, 0.6) is 5.75 Å². The lowest BCUT2D eigenvalue weighted by atomic mass is 9.95. The molecule has 3 aliphatic heterocycles. The van der Waals surface area contributed by atoms with Crippen LogP contribution in [0, 0.1) is 10.1 Å². The zero-order valence-electron chi connectivity index (χ0n) is 26.2. The van der Waals surface area contributed by atoms with Gasteiger partial charge in [-0.2, -0.15) is 0 Å². The maximum absolute atomic E-state index is 12.3. The molecule has 21 nitrogen and oxygen atoms in total. The molecular weight excluding hydrogens is 666 g/mol. The van der Waals surface area contributed by atoms with Crippen LogP contribution in [0.25, 0.3) is 0 Å². The van der Waals surface area contributed by atoms with Gasteiger partial charge in [-0.3, -0.25) is 19.7 Å². The number of aliphatic hydroxyl groups excluding tert-OH is 8. The van der Waals surface area contributed by atoms with Gasteiger partial charge in [-0.05, 0) is 12.1 Å². The van der Waals surface area contributed by atoms with Crippen molar-refractivity contribution in [2.24, 2.45) is 0 Å². The number of carbonyl (C=O) groups excluding carboxylic acids is 2. The minimum atomic E-state index is -1.92. The predicted octanol–water partition coefficient (Wildman–Crippen LogP) is -5.29. The number of hydrogen-bond donors (Lipinski definition) is 10. The van der Waals surface area contributed by atoms with Crippen molar-refractivity contribution in [3.05, 3.63) is 34.4 Å². The number of ether oxygens (including phenoxy) is 6. The van der Waals surface area contributed by atoms with Gasteiger partial charge in [0.2, 0.25) is 18.1 Å². The lowest BCUT2D eigenvalue weighted by molar-refractivity contribution is -0.384. The third-order valence-corrected chi connectivity index (χ3v) is 8.16. The van der Waals surface area contributed by atoms with Crippen molar-refractivity contribution in [1.82, 2.24) is 10.6 Å². The highest BCUT2D eigenvalue weighted by atomic mass is 16.7. The number of rotatable bonds is 12. The van der Waals surface area contributed by atoms with Gasteiger partial charge in [-0.25, -0.2) is 0 Å². The van der Waals surface area contributed by atoms with Crippen molar-refractivity contribution in [2.75, 3.05) is 19.8 Å².